The van der Waals surface area contributed by atoms with Crippen molar-refractivity contribution < 1.29 is 13.2 Å². The van der Waals surface area contributed by atoms with E-state index in [1.807, 2.05) is 0 Å². The first-order valence-corrected chi connectivity index (χ1v) is 6.05. The van der Waals surface area contributed by atoms with Crippen molar-refractivity contribution in [2.45, 2.75) is 38.4 Å². The molecule has 0 unspecified atom stereocenters. The first kappa shape index (κ1) is 12.4. The maximum atomic E-state index is 11.6. The van der Waals surface area contributed by atoms with Crippen LogP contribution in [0.15, 0.2) is 0 Å². The van der Waals surface area contributed by atoms with Crippen molar-refractivity contribution in [2.24, 2.45) is 5.73 Å². The van der Waals surface area contributed by atoms with Gasteiger partial charge < -0.3 is 5.73 Å². The Kier molecular flexibility index (Phi) is 3.90. The predicted molar refractivity (Wildman–Crippen MR) is 52.0 cm³/mol. The molecule has 0 atom stereocenters. The largest absolute Gasteiger partial charge is 0.368 e. The van der Waals surface area contributed by atoms with E-state index in [-0.39, 0.29) is 18.6 Å². The van der Waals surface area contributed by atoms with Gasteiger partial charge in [-0.1, -0.05) is 20.8 Å². The third kappa shape index (κ3) is 1.85. The van der Waals surface area contributed by atoms with Gasteiger partial charge in [-0.15, -0.1) is 0 Å². The van der Waals surface area contributed by atoms with E-state index in [1.165, 1.54) is 6.92 Å². The molecule has 0 rings (SSSR count). The fraction of sp³-hybridized carbons (Fsp3) is 0.875. The summed E-state index contributed by atoms with van der Waals surface area (Å²) < 4.78 is 21.9. The molecule has 0 aliphatic rings. The monoisotopic (exact) mass is 207 g/mol. The van der Waals surface area contributed by atoms with Gasteiger partial charge in [-0.3, -0.25) is 4.79 Å². The van der Waals surface area contributed by atoms with E-state index < -0.39 is 20.5 Å². The fourth-order valence-corrected chi connectivity index (χ4v) is 3.21. The quantitative estimate of drug-likeness (QED) is 0.711. The minimum Gasteiger partial charge on any atom is -0.368 e. The summed E-state index contributed by atoms with van der Waals surface area (Å²) in [6, 6.07) is 0. The molecule has 0 heterocycles. The number of carbonyl (C=O) groups is 1. The van der Waals surface area contributed by atoms with Crippen LogP contribution >= 0.6 is 0 Å². The summed E-state index contributed by atoms with van der Waals surface area (Å²) >= 11 is 0. The lowest BCUT2D eigenvalue weighted by Gasteiger charge is -2.26. The molecule has 0 fully saturated rings. The zero-order valence-corrected chi connectivity index (χ0v) is 9.15. The number of hydrogen-bond acceptors (Lipinski definition) is 3. The van der Waals surface area contributed by atoms with Gasteiger partial charge in [0.2, 0.25) is 5.91 Å². The number of amides is 1. The Labute approximate surface area is 79.4 Å². The van der Waals surface area contributed by atoms with Crippen LogP contribution in [0.5, 0.6) is 0 Å². The molecule has 0 aliphatic carbocycles. The lowest BCUT2D eigenvalue weighted by Crippen LogP contribution is -2.50. The highest BCUT2D eigenvalue weighted by molar-refractivity contribution is 7.93. The van der Waals surface area contributed by atoms with E-state index in [0.29, 0.717) is 0 Å². The highest BCUT2D eigenvalue weighted by atomic mass is 32.2. The molecule has 4 nitrogen and oxygen atoms in total. The Bertz CT molecular complexity index is 278. The summed E-state index contributed by atoms with van der Waals surface area (Å²) in [5, 5.41) is 0. The zero-order valence-electron chi connectivity index (χ0n) is 8.33. The summed E-state index contributed by atoms with van der Waals surface area (Å²) in [5.74, 6) is -0.781. The summed E-state index contributed by atoms with van der Waals surface area (Å²) in [7, 11) is -3.40. The molecule has 0 spiro atoms. The highest BCUT2D eigenvalue weighted by Gasteiger charge is 2.44. The van der Waals surface area contributed by atoms with Gasteiger partial charge in [0, 0.05) is 5.75 Å². The fourth-order valence-electron chi connectivity index (χ4n) is 1.47. The van der Waals surface area contributed by atoms with Gasteiger partial charge in [0.05, 0.1) is 0 Å². The van der Waals surface area contributed by atoms with Crippen LogP contribution in [-0.2, 0) is 14.6 Å². The molecular formula is C8H17NO3S. The van der Waals surface area contributed by atoms with Crippen molar-refractivity contribution in [1.82, 2.24) is 0 Å². The van der Waals surface area contributed by atoms with Crippen LogP contribution in [0.3, 0.4) is 0 Å². The molecule has 0 aromatic rings. The Hall–Kier alpha value is -0.580. The summed E-state index contributed by atoms with van der Waals surface area (Å²) in [4.78, 5) is 11.1. The number of rotatable bonds is 5. The molecule has 5 heteroatoms. The van der Waals surface area contributed by atoms with E-state index in [2.05, 4.69) is 0 Å². The second-order valence-electron chi connectivity index (χ2n) is 2.97. The van der Waals surface area contributed by atoms with Gasteiger partial charge in [0.25, 0.3) is 0 Å². The van der Waals surface area contributed by atoms with E-state index in [0.717, 1.165) is 0 Å². The predicted octanol–water partition coefficient (Wildman–Crippen LogP) is 0.465. The van der Waals surface area contributed by atoms with E-state index >= 15 is 0 Å². The smallest absolute Gasteiger partial charge is 0.238 e. The van der Waals surface area contributed by atoms with Gasteiger partial charge in [-0.05, 0) is 12.8 Å². The van der Waals surface area contributed by atoms with Crippen molar-refractivity contribution in [2.75, 3.05) is 5.75 Å². The Morgan fingerprint density at radius 1 is 1.23 bits per heavy atom. The molecular weight excluding hydrogens is 190 g/mol. The highest BCUT2D eigenvalue weighted by Crippen LogP contribution is 2.26. The second kappa shape index (κ2) is 4.09. The summed E-state index contributed by atoms with van der Waals surface area (Å²) in [6.07, 6.45) is 0.490. The van der Waals surface area contributed by atoms with Gasteiger partial charge in [-0.2, -0.15) is 0 Å². The minimum absolute atomic E-state index is 0.0440. The van der Waals surface area contributed by atoms with Crippen LogP contribution in [0.4, 0.5) is 0 Å². The van der Waals surface area contributed by atoms with E-state index in [4.69, 9.17) is 5.73 Å². The normalized spacial score (nSPS) is 12.8. The van der Waals surface area contributed by atoms with Gasteiger partial charge >= 0.3 is 0 Å². The average molecular weight is 207 g/mol. The third-order valence-electron chi connectivity index (χ3n) is 2.57. The molecule has 0 aromatic heterocycles. The van der Waals surface area contributed by atoms with Crippen LogP contribution in [0, 0.1) is 0 Å². The Morgan fingerprint density at radius 2 is 1.62 bits per heavy atom. The van der Waals surface area contributed by atoms with Gasteiger partial charge in [0.1, 0.15) is 4.75 Å². The first-order valence-electron chi connectivity index (χ1n) is 4.40. The SMILES string of the molecule is CCC(CC)(C(N)=O)S(=O)(=O)CC. The standard InChI is InChI=1S/C8H17NO3S/c1-4-8(5-2,7(9)10)13(11,12)6-3/h4-6H2,1-3H3,(H2,9,10). The Balaban J connectivity index is 5.36. The van der Waals surface area contributed by atoms with Crippen molar-refractivity contribution >= 4 is 15.7 Å². The molecule has 1 amide bonds. The topological polar surface area (TPSA) is 77.2 Å². The minimum atomic E-state index is -3.40. The molecule has 0 saturated carbocycles. The third-order valence-corrected chi connectivity index (χ3v) is 5.30. The number of nitrogens with two attached hydrogens (primary N) is 1. The molecule has 0 aliphatic heterocycles. The van der Waals surface area contributed by atoms with Crippen LogP contribution < -0.4 is 5.73 Å². The molecule has 2 N–H and O–H groups in total. The lowest BCUT2D eigenvalue weighted by molar-refractivity contribution is -0.120. The molecule has 0 bridgehead atoms. The van der Waals surface area contributed by atoms with E-state index in [9.17, 15) is 13.2 Å². The maximum absolute atomic E-state index is 11.6. The second-order valence-corrected chi connectivity index (χ2v) is 5.56. The van der Waals surface area contributed by atoms with Gasteiger partial charge in [-0.25, -0.2) is 8.42 Å². The molecule has 0 aromatic carbocycles. The average Bonchev–Trinajstić information content (AvgIpc) is 2.06. The number of sulfone groups is 1. The molecule has 13 heavy (non-hydrogen) atoms. The number of hydrogen-bond donors (Lipinski definition) is 1. The number of primary amides is 1. The van der Waals surface area contributed by atoms with Crippen molar-refractivity contribution in [3.8, 4) is 0 Å². The lowest BCUT2D eigenvalue weighted by atomic mass is 10.0. The van der Waals surface area contributed by atoms with Crippen LogP contribution in [0.2, 0.25) is 0 Å². The first-order chi connectivity index (χ1) is 5.88. The maximum Gasteiger partial charge on any atom is 0.238 e. The summed E-state index contributed by atoms with van der Waals surface area (Å²) in [6.45, 7) is 4.86. The molecule has 0 radical (unpaired) electrons. The van der Waals surface area contributed by atoms with Crippen LogP contribution in [-0.4, -0.2) is 24.8 Å². The van der Waals surface area contributed by atoms with Crippen LogP contribution in [0.25, 0.3) is 0 Å². The van der Waals surface area contributed by atoms with Gasteiger partial charge in [0.15, 0.2) is 9.84 Å². The molecule has 0 saturated heterocycles. The number of carbonyl (C=O) groups excluding carboxylic acids is 1. The Morgan fingerprint density at radius 3 is 1.69 bits per heavy atom. The summed E-state index contributed by atoms with van der Waals surface area (Å²) in [5.41, 5.74) is 5.14. The van der Waals surface area contributed by atoms with Crippen LogP contribution in [0.1, 0.15) is 33.6 Å². The zero-order chi connectivity index (χ0) is 10.7. The van der Waals surface area contributed by atoms with Crippen molar-refractivity contribution in [1.29, 1.82) is 0 Å². The molecule has 78 valence electrons. The van der Waals surface area contributed by atoms with Crippen molar-refractivity contribution in [3.05, 3.63) is 0 Å². The van der Waals surface area contributed by atoms with Crippen molar-refractivity contribution in [3.63, 3.8) is 0 Å². The van der Waals surface area contributed by atoms with E-state index in [1.54, 1.807) is 13.8 Å².